The Hall–Kier alpha value is -2.16. The van der Waals surface area contributed by atoms with Gasteiger partial charge in [-0.2, -0.15) is 0 Å². The maximum Gasteiger partial charge on any atom is 0.301 e. The van der Waals surface area contributed by atoms with Gasteiger partial charge in [-0.1, -0.05) is 0 Å². The van der Waals surface area contributed by atoms with Crippen LogP contribution in [0.15, 0.2) is 22.3 Å². The Balaban J connectivity index is 2.42. The molecular weight excluding hydrogens is 256 g/mol. The number of hydrogen-bond acceptors (Lipinski definition) is 7. The van der Waals surface area contributed by atoms with Gasteiger partial charge in [-0.25, -0.2) is 4.98 Å². The molecule has 2 aromatic rings. The predicted molar refractivity (Wildman–Crippen MR) is 65.2 cm³/mol. The Bertz CT molecular complexity index is 611. The van der Waals surface area contributed by atoms with Gasteiger partial charge < -0.3 is 10.3 Å². The first-order valence-corrected chi connectivity index (χ1v) is 5.75. The van der Waals surface area contributed by atoms with Crippen molar-refractivity contribution in [1.82, 2.24) is 19.7 Å². The van der Waals surface area contributed by atoms with Crippen LogP contribution in [0.1, 0.15) is 5.82 Å². The third-order valence-corrected chi connectivity index (χ3v) is 3.33. The van der Waals surface area contributed by atoms with Gasteiger partial charge in [0, 0.05) is 13.1 Å². The van der Waals surface area contributed by atoms with Crippen LogP contribution < -0.4 is 5.73 Å². The maximum atomic E-state index is 10.9. The van der Waals surface area contributed by atoms with E-state index in [-0.39, 0.29) is 16.5 Å². The average Bonchev–Trinajstić information content (AvgIpc) is 2.61. The standard InChI is InChI=1S/C9H10N6O2S/c1-5-12-13-9(14(5)2)18-8-6(15(16)17)3-4-7(10)11-8/h3-4H,1-2H3,(H2,10,11). The Kier molecular flexibility index (Phi) is 3.15. The highest BCUT2D eigenvalue weighted by Crippen LogP contribution is 2.32. The van der Waals surface area contributed by atoms with Crippen molar-refractivity contribution in [1.29, 1.82) is 0 Å². The number of aromatic nitrogens is 4. The molecule has 0 saturated heterocycles. The minimum Gasteiger partial charge on any atom is -0.384 e. The minimum atomic E-state index is -0.502. The fourth-order valence-corrected chi connectivity index (χ4v) is 2.15. The molecule has 0 spiro atoms. The van der Waals surface area contributed by atoms with Crippen molar-refractivity contribution in [3.05, 3.63) is 28.1 Å². The zero-order valence-electron chi connectivity index (χ0n) is 9.69. The summed E-state index contributed by atoms with van der Waals surface area (Å²) in [6.07, 6.45) is 0. The normalized spacial score (nSPS) is 10.6. The summed E-state index contributed by atoms with van der Waals surface area (Å²) in [7, 11) is 1.77. The summed E-state index contributed by atoms with van der Waals surface area (Å²) in [5.41, 5.74) is 5.43. The Morgan fingerprint density at radius 1 is 1.44 bits per heavy atom. The third-order valence-electron chi connectivity index (χ3n) is 2.30. The van der Waals surface area contributed by atoms with E-state index >= 15 is 0 Å². The topological polar surface area (TPSA) is 113 Å². The fourth-order valence-electron chi connectivity index (χ4n) is 1.22. The van der Waals surface area contributed by atoms with Gasteiger partial charge in [0.1, 0.15) is 11.6 Å². The van der Waals surface area contributed by atoms with Gasteiger partial charge in [0.2, 0.25) is 0 Å². The Labute approximate surface area is 106 Å². The number of pyridine rings is 1. The van der Waals surface area contributed by atoms with E-state index < -0.39 is 4.92 Å². The molecular formula is C9H10N6O2S. The molecule has 0 aromatic carbocycles. The molecule has 0 unspecified atom stereocenters. The lowest BCUT2D eigenvalue weighted by atomic mass is 10.4. The molecule has 2 rings (SSSR count). The van der Waals surface area contributed by atoms with Gasteiger partial charge >= 0.3 is 5.69 Å². The van der Waals surface area contributed by atoms with Crippen LogP contribution in [0.25, 0.3) is 0 Å². The smallest absolute Gasteiger partial charge is 0.301 e. The third kappa shape index (κ3) is 2.25. The molecule has 2 aromatic heterocycles. The van der Waals surface area contributed by atoms with Gasteiger partial charge in [-0.15, -0.1) is 10.2 Å². The molecule has 18 heavy (non-hydrogen) atoms. The SMILES string of the molecule is Cc1nnc(Sc2nc(N)ccc2[N+](=O)[O-])n1C. The van der Waals surface area contributed by atoms with Gasteiger partial charge in [0.05, 0.1) is 4.92 Å². The molecule has 0 saturated carbocycles. The molecule has 2 N–H and O–H groups in total. The molecule has 0 amide bonds. The van der Waals surface area contributed by atoms with Crippen molar-refractivity contribution in [3.63, 3.8) is 0 Å². The minimum absolute atomic E-state index is 0.102. The first kappa shape index (κ1) is 12.3. The van der Waals surface area contributed by atoms with Crippen molar-refractivity contribution in [2.24, 2.45) is 7.05 Å². The summed E-state index contributed by atoms with van der Waals surface area (Å²) in [6, 6.07) is 2.72. The Morgan fingerprint density at radius 2 is 2.17 bits per heavy atom. The largest absolute Gasteiger partial charge is 0.384 e. The second-order valence-corrected chi connectivity index (χ2v) is 4.46. The highest BCUT2D eigenvalue weighted by molar-refractivity contribution is 7.99. The lowest BCUT2D eigenvalue weighted by Crippen LogP contribution is -1.99. The molecule has 0 aliphatic rings. The van der Waals surface area contributed by atoms with Crippen LogP contribution in [0.4, 0.5) is 11.5 Å². The van der Waals surface area contributed by atoms with Crippen LogP contribution >= 0.6 is 11.8 Å². The predicted octanol–water partition coefficient (Wildman–Crippen LogP) is 1.16. The van der Waals surface area contributed by atoms with E-state index in [1.165, 1.54) is 12.1 Å². The lowest BCUT2D eigenvalue weighted by Gasteiger charge is -2.02. The molecule has 8 nitrogen and oxygen atoms in total. The van der Waals surface area contributed by atoms with E-state index in [1.807, 2.05) is 0 Å². The first-order chi connectivity index (χ1) is 8.49. The second-order valence-electron chi connectivity index (χ2n) is 3.51. The van der Waals surface area contributed by atoms with E-state index in [1.54, 1.807) is 18.5 Å². The average molecular weight is 266 g/mol. The van der Waals surface area contributed by atoms with Crippen LogP contribution in [0.5, 0.6) is 0 Å². The monoisotopic (exact) mass is 266 g/mol. The number of rotatable bonds is 3. The number of hydrogen-bond donors (Lipinski definition) is 1. The molecule has 0 aliphatic heterocycles. The van der Waals surface area contributed by atoms with E-state index in [0.717, 1.165) is 11.8 Å². The lowest BCUT2D eigenvalue weighted by molar-refractivity contribution is -0.388. The molecule has 0 radical (unpaired) electrons. The van der Waals surface area contributed by atoms with Gasteiger partial charge in [0.25, 0.3) is 0 Å². The number of nitrogens with two attached hydrogens (primary N) is 1. The highest BCUT2D eigenvalue weighted by Gasteiger charge is 2.19. The number of aryl methyl sites for hydroxylation is 1. The molecule has 0 fully saturated rings. The van der Waals surface area contributed by atoms with Crippen molar-refractivity contribution < 1.29 is 4.92 Å². The highest BCUT2D eigenvalue weighted by atomic mass is 32.2. The van der Waals surface area contributed by atoms with Gasteiger partial charge in [0.15, 0.2) is 10.2 Å². The molecule has 2 heterocycles. The Morgan fingerprint density at radius 3 is 2.72 bits per heavy atom. The summed E-state index contributed by atoms with van der Waals surface area (Å²) in [5.74, 6) is 0.936. The fraction of sp³-hybridized carbons (Fsp3) is 0.222. The van der Waals surface area contributed by atoms with E-state index in [2.05, 4.69) is 15.2 Å². The molecule has 94 valence electrons. The molecule has 0 bridgehead atoms. The zero-order chi connectivity index (χ0) is 13.3. The number of anilines is 1. The molecule has 0 aliphatic carbocycles. The second kappa shape index (κ2) is 4.61. The first-order valence-electron chi connectivity index (χ1n) is 4.94. The zero-order valence-corrected chi connectivity index (χ0v) is 10.5. The van der Waals surface area contributed by atoms with Crippen molar-refractivity contribution >= 4 is 23.3 Å². The van der Waals surface area contributed by atoms with Crippen LogP contribution in [0.3, 0.4) is 0 Å². The van der Waals surface area contributed by atoms with Crippen LogP contribution in [-0.4, -0.2) is 24.7 Å². The van der Waals surface area contributed by atoms with E-state index in [9.17, 15) is 10.1 Å². The van der Waals surface area contributed by atoms with Gasteiger partial charge in [-0.3, -0.25) is 10.1 Å². The summed E-state index contributed by atoms with van der Waals surface area (Å²) >= 11 is 1.06. The summed E-state index contributed by atoms with van der Waals surface area (Å²) in [4.78, 5) is 14.3. The van der Waals surface area contributed by atoms with E-state index in [0.29, 0.717) is 11.0 Å². The van der Waals surface area contributed by atoms with Gasteiger partial charge in [-0.05, 0) is 24.8 Å². The van der Waals surface area contributed by atoms with Crippen LogP contribution in [0, 0.1) is 17.0 Å². The molecule has 0 atom stereocenters. The van der Waals surface area contributed by atoms with Crippen LogP contribution in [0.2, 0.25) is 0 Å². The van der Waals surface area contributed by atoms with Crippen molar-refractivity contribution in [3.8, 4) is 0 Å². The number of nitrogen functional groups attached to an aromatic ring is 1. The summed E-state index contributed by atoms with van der Waals surface area (Å²) < 4.78 is 1.72. The van der Waals surface area contributed by atoms with E-state index in [4.69, 9.17) is 5.73 Å². The molecule has 9 heteroatoms. The maximum absolute atomic E-state index is 10.9. The number of nitro groups is 1. The summed E-state index contributed by atoms with van der Waals surface area (Å²) in [5, 5.41) is 19.4. The quantitative estimate of drug-likeness (QED) is 0.655. The van der Waals surface area contributed by atoms with Crippen molar-refractivity contribution in [2.45, 2.75) is 17.1 Å². The summed E-state index contributed by atoms with van der Waals surface area (Å²) in [6.45, 7) is 1.79. The van der Waals surface area contributed by atoms with Crippen molar-refractivity contribution in [2.75, 3.05) is 5.73 Å². The van der Waals surface area contributed by atoms with Crippen LogP contribution in [-0.2, 0) is 7.05 Å². The number of nitrogens with zero attached hydrogens (tertiary/aromatic N) is 5.